The van der Waals surface area contributed by atoms with E-state index in [-0.39, 0.29) is 0 Å². The minimum absolute atomic E-state index is 0.582. The topological polar surface area (TPSA) is 50.9 Å². The maximum atomic E-state index is 5.64. The van der Waals surface area contributed by atoms with Gasteiger partial charge in [0, 0.05) is 24.0 Å². The number of nitrogen functional groups attached to an aromatic ring is 1. The van der Waals surface area contributed by atoms with Gasteiger partial charge in [-0.05, 0) is 30.7 Å². The summed E-state index contributed by atoms with van der Waals surface area (Å²) in [7, 11) is 0. The van der Waals surface area contributed by atoms with Crippen LogP contribution in [0, 0.1) is 11.8 Å². The highest BCUT2D eigenvalue weighted by Crippen LogP contribution is 2.33. The molecule has 1 aromatic rings. The van der Waals surface area contributed by atoms with Gasteiger partial charge in [-0.15, -0.1) is 0 Å². The van der Waals surface area contributed by atoms with Gasteiger partial charge in [-0.2, -0.15) is 0 Å². The van der Waals surface area contributed by atoms with Gasteiger partial charge in [0.1, 0.15) is 5.82 Å². The highest BCUT2D eigenvalue weighted by molar-refractivity contribution is 5.50. The van der Waals surface area contributed by atoms with Crippen LogP contribution in [0.15, 0.2) is 18.3 Å². The molecule has 0 amide bonds. The highest BCUT2D eigenvalue weighted by atomic mass is 14.9. The number of hydrogen-bond acceptors (Lipinski definition) is 3. The maximum Gasteiger partial charge on any atom is 0.125 e. The van der Waals surface area contributed by atoms with Gasteiger partial charge < -0.3 is 11.1 Å². The fourth-order valence-electron chi connectivity index (χ4n) is 2.32. The number of hydrogen-bond donors (Lipinski definition) is 2. The van der Waals surface area contributed by atoms with E-state index >= 15 is 0 Å². The van der Waals surface area contributed by atoms with Crippen molar-refractivity contribution in [2.24, 2.45) is 11.8 Å². The summed E-state index contributed by atoms with van der Waals surface area (Å²) in [5, 5.41) is 3.54. The van der Waals surface area contributed by atoms with Crippen LogP contribution in [0.2, 0.25) is 0 Å². The van der Waals surface area contributed by atoms with Crippen molar-refractivity contribution in [3.05, 3.63) is 18.3 Å². The van der Waals surface area contributed by atoms with Crippen LogP contribution in [0.25, 0.3) is 0 Å². The Balaban J connectivity index is 2.03. The molecule has 3 unspecified atom stereocenters. The van der Waals surface area contributed by atoms with Gasteiger partial charge in [0.05, 0.1) is 0 Å². The Hall–Kier alpha value is -1.25. The zero-order valence-electron chi connectivity index (χ0n) is 9.40. The minimum Gasteiger partial charge on any atom is -0.384 e. The van der Waals surface area contributed by atoms with Crippen LogP contribution in [-0.4, -0.2) is 11.0 Å². The number of nitrogens with zero attached hydrogens (tertiary/aromatic N) is 1. The largest absolute Gasteiger partial charge is 0.384 e. The first-order chi connectivity index (χ1) is 7.16. The van der Waals surface area contributed by atoms with Crippen molar-refractivity contribution >= 4 is 11.5 Å². The molecule has 82 valence electrons. The molecule has 3 heteroatoms. The van der Waals surface area contributed by atoms with E-state index in [1.165, 1.54) is 12.8 Å². The summed E-state index contributed by atoms with van der Waals surface area (Å²) in [6.45, 7) is 4.65. The normalized spacial score (nSPS) is 30.4. The Morgan fingerprint density at radius 3 is 2.80 bits per heavy atom. The van der Waals surface area contributed by atoms with Crippen LogP contribution in [0.3, 0.4) is 0 Å². The minimum atomic E-state index is 0.582. The summed E-state index contributed by atoms with van der Waals surface area (Å²) in [6.07, 6.45) is 4.32. The molecular formula is C12H19N3. The average molecular weight is 205 g/mol. The van der Waals surface area contributed by atoms with Gasteiger partial charge in [0.15, 0.2) is 0 Å². The lowest BCUT2D eigenvalue weighted by Gasteiger charge is -2.20. The fourth-order valence-corrected chi connectivity index (χ4v) is 2.32. The van der Waals surface area contributed by atoms with E-state index in [2.05, 4.69) is 24.1 Å². The Bertz CT molecular complexity index is 337. The molecule has 1 saturated carbocycles. The highest BCUT2D eigenvalue weighted by Gasteiger charge is 2.29. The summed E-state index contributed by atoms with van der Waals surface area (Å²) in [5.41, 5.74) is 6.73. The Kier molecular flexibility index (Phi) is 2.80. The molecule has 15 heavy (non-hydrogen) atoms. The molecule has 1 heterocycles. The zero-order valence-corrected chi connectivity index (χ0v) is 9.40. The molecule has 0 aliphatic heterocycles. The van der Waals surface area contributed by atoms with E-state index in [0.29, 0.717) is 11.9 Å². The lowest BCUT2D eigenvalue weighted by molar-refractivity contribution is 0.435. The summed E-state index contributed by atoms with van der Waals surface area (Å²) in [4.78, 5) is 3.99. The molecular weight excluding hydrogens is 186 g/mol. The van der Waals surface area contributed by atoms with Crippen molar-refractivity contribution in [1.29, 1.82) is 0 Å². The van der Waals surface area contributed by atoms with Gasteiger partial charge in [0.25, 0.3) is 0 Å². The summed E-state index contributed by atoms with van der Waals surface area (Å²) in [5.74, 6) is 2.14. The number of nitrogens with one attached hydrogen (secondary N) is 1. The molecule has 1 aliphatic rings. The van der Waals surface area contributed by atoms with Gasteiger partial charge in [-0.1, -0.05) is 13.8 Å². The van der Waals surface area contributed by atoms with Crippen LogP contribution in [0.1, 0.15) is 26.7 Å². The molecule has 3 N–H and O–H groups in total. The maximum absolute atomic E-state index is 5.64. The summed E-state index contributed by atoms with van der Waals surface area (Å²) < 4.78 is 0. The van der Waals surface area contributed by atoms with E-state index in [0.717, 1.165) is 17.5 Å². The van der Waals surface area contributed by atoms with Crippen LogP contribution in [0.4, 0.5) is 11.5 Å². The lowest BCUT2D eigenvalue weighted by atomic mass is 9.98. The SMILES string of the molecule is CC1CCC(Nc2ccnc(N)c2)C1C. The smallest absolute Gasteiger partial charge is 0.125 e. The van der Waals surface area contributed by atoms with E-state index < -0.39 is 0 Å². The van der Waals surface area contributed by atoms with Crippen molar-refractivity contribution in [3.8, 4) is 0 Å². The Morgan fingerprint density at radius 2 is 2.20 bits per heavy atom. The number of aromatic nitrogens is 1. The van der Waals surface area contributed by atoms with Crippen molar-refractivity contribution in [1.82, 2.24) is 4.98 Å². The molecule has 0 radical (unpaired) electrons. The third-order valence-corrected chi connectivity index (χ3v) is 3.60. The first-order valence-electron chi connectivity index (χ1n) is 5.65. The fraction of sp³-hybridized carbons (Fsp3) is 0.583. The first-order valence-corrected chi connectivity index (χ1v) is 5.65. The van der Waals surface area contributed by atoms with Crippen molar-refractivity contribution in [2.45, 2.75) is 32.7 Å². The third kappa shape index (κ3) is 2.22. The van der Waals surface area contributed by atoms with Gasteiger partial charge >= 0.3 is 0 Å². The molecule has 1 aromatic heterocycles. The second-order valence-corrected chi connectivity index (χ2v) is 4.63. The number of rotatable bonds is 2. The van der Waals surface area contributed by atoms with Crippen molar-refractivity contribution in [3.63, 3.8) is 0 Å². The van der Waals surface area contributed by atoms with Crippen LogP contribution < -0.4 is 11.1 Å². The summed E-state index contributed by atoms with van der Waals surface area (Å²) >= 11 is 0. The molecule has 3 atom stereocenters. The average Bonchev–Trinajstić information content (AvgIpc) is 2.50. The van der Waals surface area contributed by atoms with Gasteiger partial charge in [-0.3, -0.25) is 0 Å². The van der Waals surface area contributed by atoms with Gasteiger partial charge in [-0.25, -0.2) is 4.98 Å². The molecule has 0 saturated heterocycles. The summed E-state index contributed by atoms with van der Waals surface area (Å²) in [6, 6.07) is 4.46. The molecule has 1 aliphatic carbocycles. The van der Waals surface area contributed by atoms with Gasteiger partial charge in [0.2, 0.25) is 0 Å². The van der Waals surface area contributed by atoms with Crippen LogP contribution >= 0.6 is 0 Å². The zero-order chi connectivity index (χ0) is 10.8. The first kappa shape index (κ1) is 10.3. The molecule has 2 rings (SSSR count). The molecule has 3 nitrogen and oxygen atoms in total. The predicted octanol–water partition coefficient (Wildman–Crippen LogP) is 2.51. The molecule has 0 spiro atoms. The van der Waals surface area contributed by atoms with E-state index in [1.54, 1.807) is 6.20 Å². The van der Waals surface area contributed by atoms with E-state index in [9.17, 15) is 0 Å². The second-order valence-electron chi connectivity index (χ2n) is 4.63. The molecule has 0 bridgehead atoms. The Morgan fingerprint density at radius 1 is 1.40 bits per heavy atom. The third-order valence-electron chi connectivity index (χ3n) is 3.60. The van der Waals surface area contributed by atoms with Crippen molar-refractivity contribution in [2.75, 3.05) is 11.1 Å². The predicted molar refractivity (Wildman–Crippen MR) is 63.6 cm³/mol. The second kappa shape index (κ2) is 4.09. The standard InChI is InChI=1S/C12H19N3/c1-8-3-4-11(9(8)2)15-10-5-6-14-12(13)7-10/h5-9,11H,3-4H2,1-2H3,(H3,13,14,15). The van der Waals surface area contributed by atoms with Crippen LogP contribution in [-0.2, 0) is 0 Å². The van der Waals surface area contributed by atoms with Crippen LogP contribution in [0.5, 0.6) is 0 Å². The molecule has 0 aromatic carbocycles. The quantitative estimate of drug-likeness (QED) is 0.780. The van der Waals surface area contributed by atoms with Crippen molar-refractivity contribution < 1.29 is 0 Å². The van der Waals surface area contributed by atoms with E-state index in [1.807, 2.05) is 12.1 Å². The number of pyridine rings is 1. The molecule has 1 fully saturated rings. The monoisotopic (exact) mass is 205 g/mol. The number of anilines is 2. The lowest BCUT2D eigenvalue weighted by Crippen LogP contribution is -2.24. The van der Waals surface area contributed by atoms with E-state index in [4.69, 9.17) is 5.73 Å². The Labute approximate surface area is 91.1 Å². The number of nitrogens with two attached hydrogens (primary N) is 1.